The third kappa shape index (κ3) is 2.21. The molecule has 0 amide bonds. The Morgan fingerprint density at radius 3 is 2.54 bits per heavy atom. The van der Waals surface area contributed by atoms with E-state index in [1.54, 1.807) is 26.0 Å². The van der Waals surface area contributed by atoms with E-state index in [1.165, 1.54) is 0 Å². The van der Waals surface area contributed by atoms with E-state index in [9.17, 15) is 5.11 Å². The fraction of sp³-hybridized carbons (Fsp3) is 0.333. The normalized spacial score (nSPS) is 11.7. The predicted molar refractivity (Wildman–Crippen MR) is 54.1 cm³/mol. The number of hydrogen-bond acceptors (Lipinski definition) is 3. The zero-order valence-corrected chi connectivity index (χ0v) is 9.13. The average molecular weight is 246 g/mol. The number of aromatic hydroxyl groups is 1. The lowest BCUT2D eigenvalue weighted by molar-refractivity contribution is -0.0250. The van der Waals surface area contributed by atoms with Crippen LogP contribution in [0.15, 0.2) is 22.7 Å². The molecule has 0 radical (unpaired) electrons. The summed E-state index contributed by atoms with van der Waals surface area (Å²) in [5, 5.41) is 9.59. The summed E-state index contributed by atoms with van der Waals surface area (Å²) in [6, 6.07) is 5.21. The van der Waals surface area contributed by atoms with Gasteiger partial charge in [-0.15, -0.1) is 0 Å². The standard InChI is InChI=1S/C9H12BrNO2/c1-9(2,13-11)7-4-3-6(10)5-8(7)12/h3-5,12H,11H2,1-2H3. The van der Waals surface area contributed by atoms with Gasteiger partial charge in [-0.1, -0.05) is 22.0 Å². The van der Waals surface area contributed by atoms with E-state index in [2.05, 4.69) is 15.9 Å². The first-order chi connectivity index (χ1) is 5.97. The van der Waals surface area contributed by atoms with Gasteiger partial charge < -0.3 is 5.11 Å². The minimum absolute atomic E-state index is 0.171. The zero-order chi connectivity index (χ0) is 10.1. The highest BCUT2D eigenvalue weighted by atomic mass is 79.9. The van der Waals surface area contributed by atoms with Crippen LogP contribution in [0.1, 0.15) is 19.4 Å². The van der Waals surface area contributed by atoms with Crippen molar-refractivity contribution in [2.24, 2.45) is 5.90 Å². The van der Waals surface area contributed by atoms with Crippen molar-refractivity contribution in [3.05, 3.63) is 28.2 Å². The third-order valence-corrected chi connectivity index (χ3v) is 2.40. The summed E-state index contributed by atoms with van der Waals surface area (Å²) in [5.74, 6) is 5.29. The van der Waals surface area contributed by atoms with Crippen LogP contribution in [-0.4, -0.2) is 5.11 Å². The molecule has 3 N–H and O–H groups in total. The van der Waals surface area contributed by atoms with Crippen LogP contribution >= 0.6 is 15.9 Å². The number of benzene rings is 1. The molecule has 1 rings (SSSR count). The number of rotatable bonds is 2. The maximum atomic E-state index is 9.59. The molecule has 0 aromatic heterocycles. The molecule has 3 nitrogen and oxygen atoms in total. The zero-order valence-electron chi connectivity index (χ0n) is 7.54. The van der Waals surface area contributed by atoms with Gasteiger partial charge in [0.15, 0.2) is 0 Å². The molecule has 0 spiro atoms. The molecule has 0 aliphatic carbocycles. The average Bonchev–Trinajstić information content (AvgIpc) is 2.03. The van der Waals surface area contributed by atoms with Crippen LogP contribution in [-0.2, 0) is 10.4 Å². The molecule has 0 fully saturated rings. The second-order valence-corrected chi connectivity index (χ2v) is 4.21. The summed E-state index contributed by atoms with van der Waals surface area (Å²) in [6.45, 7) is 3.58. The molecule has 0 aliphatic rings. The number of phenolic OH excluding ortho intramolecular Hbond substituents is 1. The van der Waals surface area contributed by atoms with Crippen LogP contribution in [0.3, 0.4) is 0 Å². The third-order valence-electron chi connectivity index (χ3n) is 1.90. The van der Waals surface area contributed by atoms with Crippen LogP contribution in [0, 0.1) is 0 Å². The largest absolute Gasteiger partial charge is 0.508 e. The van der Waals surface area contributed by atoms with E-state index in [4.69, 9.17) is 10.7 Å². The lowest BCUT2D eigenvalue weighted by atomic mass is 9.97. The summed E-state index contributed by atoms with van der Waals surface area (Å²) in [6.07, 6.45) is 0. The second-order valence-electron chi connectivity index (χ2n) is 3.29. The van der Waals surface area contributed by atoms with Crippen LogP contribution < -0.4 is 5.90 Å². The Balaban J connectivity index is 3.16. The van der Waals surface area contributed by atoms with Gasteiger partial charge >= 0.3 is 0 Å². The second kappa shape index (κ2) is 3.65. The van der Waals surface area contributed by atoms with Crippen molar-refractivity contribution in [2.75, 3.05) is 0 Å². The van der Waals surface area contributed by atoms with Crippen LogP contribution in [0.5, 0.6) is 5.75 Å². The fourth-order valence-corrected chi connectivity index (χ4v) is 1.43. The SMILES string of the molecule is CC(C)(ON)c1ccc(Br)cc1O. The fourth-order valence-electron chi connectivity index (χ4n) is 1.08. The maximum absolute atomic E-state index is 9.59. The minimum atomic E-state index is -0.676. The summed E-state index contributed by atoms with van der Waals surface area (Å²) >= 11 is 3.25. The molecule has 0 saturated carbocycles. The molecule has 0 heterocycles. The van der Waals surface area contributed by atoms with Gasteiger partial charge in [0.2, 0.25) is 0 Å². The van der Waals surface area contributed by atoms with Crippen molar-refractivity contribution in [1.29, 1.82) is 0 Å². The van der Waals surface area contributed by atoms with E-state index in [-0.39, 0.29) is 5.75 Å². The molecule has 0 unspecified atom stereocenters. The van der Waals surface area contributed by atoms with Gasteiger partial charge in [0.25, 0.3) is 0 Å². The molecular formula is C9H12BrNO2. The Labute approximate surface area is 85.6 Å². The first kappa shape index (κ1) is 10.5. The number of nitrogens with two attached hydrogens (primary N) is 1. The van der Waals surface area contributed by atoms with E-state index in [1.807, 2.05) is 6.07 Å². The predicted octanol–water partition coefficient (Wildman–Crippen LogP) is 2.28. The highest BCUT2D eigenvalue weighted by Gasteiger charge is 2.23. The lowest BCUT2D eigenvalue weighted by Gasteiger charge is -2.23. The van der Waals surface area contributed by atoms with Gasteiger partial charge in [0, 0.05) is 10.0 Å². The maximum Gasteiger partial charge on any atom is 0.122 e. The van der Waals surface area contributed by atoms with Gasteiger partial charge in [-0.2, -0.15) is 0 Å². The quantitative estimate of drug-likeness (QED) is 0.787. The number of hydrogen-bond donors (Lipinski definition) is 2. The van der Waals surface area contributed by atoms with Gasteiger partial charge in [0.1, 0.15) is 11.4 Å². The molecule has 1 aromatic carbocycles. The molecule has 0 aliphatic heterocycles. The van der Waals surface area contributed by atoms with E-state index >= 15 is 0 Å². The molecule has 1 aromatic rings. The first-order valence-electron chi connectivity index (χ1n) is 3.84. The summed E-state index contributed by atoms with van der Waals surface area (Å²) in [5.41, 5.74) is -0.0108. The lowest BCUT2D eigenvalue weighted by Crippen LogP contribution is -2.25. The van der Waals surface area contributed by atoms with Crippen molar-refractivity contribution in [3.63, 3.8) is 0 Å². The van der Waals surface area contributed by atoms with Gasteiger partial charge in [0.05, 0.1) is 0 Å². The van der Waals surface area contributed by atoms with Crippen molar-refractivity contribution in [1.82, 2.24) is 0 Å². The molecule has 13 heavy (non-hydrogen) atoms. The monoisotopic (exact) mass is 245 g/mol. The molecular weight excluding hydrogens is 234 g/mol. The van der Waals surface area contributed by atoms with E-state index in [0.29, 0.717) is 5.56 Å². The van der Waals surface area contributed by atoms with E-state index in [0.717, 1.165) is 4.47 Å². The van der Waals surface area contributed by atoms with Crippen LogP contribution in [0.2, 0.25) is 0 Å². The Morgan fingerprint density at radius 2 is 2.08 bits per heavy atom. The highest BCUT2D eigenvalue weighted by Crippen LogP contribution is 2.32. The van der Waals surface area contributed by atoms with Gasteiger partial charge in [-0.25, -0.2) is 5.90 Å². The van der Waals surface area contributed by atoms with Crippen LogP contribution in [0.25, 0.3) is 0 Å². The number of phenols is 1. The molecule has 0 bridgehead atoms. The Bertz CT molecular complexity index is 312. The van der Waals surface area contributed by atoms with E-state index < -0.39 is 5.60 Å². The van der Waals surface area contributed by atoms with Crippen molar-refractivity contribution >= 4 is 15.9 Å². The Hall–Kier alpha value is -0.580. The molecule has 0 saturated heterocycles. The number of halogens is 1. The molecule has 72 valence electrons. The van der Waals surface area contributed by atoms with Crippen molar-refractivity contribution in [3.8, 4) is 5.75 Å². The Morgan fingerprint density at radius 1 is 1.46 bits per heavy atom. The van der Waals surface area contributed by atoms with Crippen molar-refractivity contribution < 1.29 is 9.94 Å². The smallest absolute Gasteiger partial charge is 0.122 e. The van der Waals surface area contributed by atoms with Gasteiger partial charge in [-0.05, 0) is 26.0 Å². The summed E-state index contributed by atoms with van der Waals surface area (Å²) in [7, 11) is 0. The minimum Gasteiger partial charge on any atom is -0.508 e. The van der Waals surface area contributed by atoms with Gasteiger partial charge in [-0.3, -0.25) is 4.84 Å². The first-order valence-corrected chi connectivity index (χ1v) is 4.63. The summed E-state index contributed by atoms with van der Waals surface area (Å²) in [4.78, 5) is 4.77. The summed E-state index contributed by atoms with van der Waals surface area (Å²) < 4.78 is 0.821. The van der Waals surface area contributed by atoms with Crippen molar-refractivity contribution in [2.45, 2.75) is 19.4 Å². The molecule has 0 atom stereocenters. The highest BCUT2D eigenvalue weighted by molar-refractivity contribution is 9.10. The van der Waals surface area contributed by atoms with Crippen LogP contribution in [0.4, 0.5) is 0 Å². The molecule has 4 heteroatoms. The topological polar surface area (TPSA) is 55.5 Å². The Kier molecular flexibility index (Phi) is 2.95.